The lowest BCUT2D eigenvalue weighted by molar-refractivity contribution is -0.121. The number of likely N-dealkylation sites (tertiary alicyclic amines) is 1. The molecule has 0 aliphatic carbocycles. The van der Waals surface area contributed by atoms with Gasteiger partial charge in [-0.05, 0) is 47.9 Å². The van der Waals surface area contributed by atoms with Crippen molar-refractivity contribution in [1.82, 2.24) is 10.2 Å². The number of fused-ring (bicyclic) bond motifs is 7. The fourth-order valence-corrected chi connectivity index (χ4v) is 6.16. The van der Waals surface area contributed by atoms with Crippen molar-refractivity contribution in [1.29, 1.82) is 0 Å². The molecule has 4 bridgehead atoms. The SMILES string of the molecule is COc1ccc2cc1Oc1cc(ccc1O)CCC(=O)N[C@@H]1CN(C(=O)c3csc4ccccc34)C[C@@H]21. The highest BCUT2D eigenvalue weighted by atomic mass is 32.1. The quantitative estimate of drug-likeness (QED) is 0.390. The Labute approximate surface area is 218 Å². The highest BCUT2D eigenvalue weighted by molar-refractivity contribution is 7.17. The first-order chi connectivity index (χ1) is 18.0. The smallest absolute Gasteiger partial charge is 0.255 e. The van der Waals surface area contributed by atoms with E-state index in [2.05, 4.69) is 5.32 Å². The van der Waals surface area contributed by atoms with Crippen LogP contribution in [0.2, 0.25) is 0 Å². The Kier molecular flexibility index (Phi) is 5.96. The standard InChI is InChI=1S/C29H26N2O5S/c1-35-24-10-8-18-13-26(24)36-25-12-17(6-9-23(25)32)7-11-28(33)30-22-15-31(14-20(18)22)29(34)21-16-37-27-5-3-2-4-19(21)27/h2-6,8-10,12-13,16,20,22,32H,7,11,14-15H2,1H3,(H,30,33)/t20-,22+/m0/s1. The summed E-state index contributed by atoms with van der Waals surface area (Å²) >= 11 is 1.56. The second kappa shape index (κ2) is 9.44. The van der Waals surface area contributed by atoms with Gasteiger partial charge in [0.25, 0.3) is 5.91 Å². The van der Waals surface area contributed by atoms with Crippen molar-refractivity contribution in [2.45, 2.75) is 24.8 Å². The topological polar surface area (TPSA) is 88.1 Å². The van der Waals surface area contributed by atoms with Crippen LogP contribution < -0.4 is 14.8 Å². The molecule has 2 aliphatic heterocycles. The lowest BCUT2D eigenvalue weighted by atomic mass is 9.93. The van der Waals surface area contributed by atoms with Crippen LogP contribution in [-0.4, -0.2) is 48.1 Å². The number of phenolic OH excluding ortho intramolecular Hbond substituents is 1. The summed E-state index contributed by atoms with van der Waals surface area (Å²) in [6.07, 6.45) is 0.787. The monoisotopic (exact) mass is 514 g/mol. The third kappa shape index (κ3) is 4.38. The Balaban J connectivity index is 1.38. The maximum Gasteiger partial charge on any atom is 0.255 e. The maximum atomic E-state index is 13.6. The zero-order chi connectivity index (χ0) is 25.5. The number of nitrogens with one attached hydrogen (secondary N) is 1. The number of nitrogens with zero attached hydrogens (tertiary/aromatic N) is 1. The molecule has 2 amide bonds. The summed E-state index contributed by atoms with van der Waals surface area (Å²) in [5.41, 5.74) is 2.48. The Bertz CT molecular complexity index is 1510. The molecule has 2 atom stereocenters. The summed E-state index contributed by atoms with van der Waals surface area (Å²) in [5, 5.41) is 16.5. The van der Waals surface area contributed by atoms with Crippen LogP contribution in [0.1, 0.15) is 33.8 Å². The van der Waals surface area contributed by atoms with Crippen LogP contribution in [0.4, 0.5) is 0 Å². The molecule has 4 aromatic rings. The number of thiophene rings is 1. The van der Waals surface area contributed by atoms with Crippen LogP contribution in [-0.2, 0) is 11.2 Å². The third-order valence-corrected chi connectivity index (χ3v) is 8.13. The van der Waals surface area contributed by atoms with Crippen molar-refractivity contribution >= 4 is 33.2 Å². The number of benzene rings is 3. The van der Waals surface area contributed by atoms with Gasteiger partial charge in [-0.1, -0.05) is 30.3 Å². The van der Waals surface area contributed by atoms with E-state index in [-0.39, 0.29) is 35.9 Å². The molecule has 1 saturated heterocycles. The van der Waals surface area contributed by atoms with E-state index in [0.29, 0.717) is 42.3 Å². The number of amides is 2. The van der Waals surface area contributed by atoms with Gasteiger partial charge in [0.05, 0.1) is 18.7 Å². The summed E-state index contributed by atoms with van der Waals surface area (Å²) in [7, 11) is 1.57. The minimum Gasteiger partial charge on any atom is -0.504 e. The molecule has 2 N–H and O–H groups in total. The molecular weight excluding hydrogens is 488 g/mol. The first-order valence-electron chi connectivity index (χ1n) is 12.2. The second-order valence-electron chi connectivity index (χ2n) is 9.45. The highest BCUT2D eigenvalue weighted by Crippen LogP contribution is 2.40. The average molecular weight is 515 g/mol. The molecule has 8 heteroatoms. The first-order valence-corrected chi connectivity index (χ1v) is 13.1. The van der Waals surface area contributed by atoms with E-state index in [1.165, 1.54) is 0 Å². The zero-order valence-corrected chi connectivity index (χ0v) is 21.1. The number of hydrogen-bond donors (Lipinski definition) is 2. The molecule has 188 valence electrons. The van der Waals surface area contributed by atoms with Crippen molar-refractivity contribution in [3.05, 3.63) is 82.7 Å². The highest BCUT2D eigenvalue weighted by Gasteiger charge is 2.38. The first kappa shape index (κ1) is 23.4. The molecule has 7 nitrogen and oxygen atoms in total. The Morgan fingerprint density at radius 1 is 1.08 bits per heavy atom. The van der Waals surface area contributed by atoms with E-state index in [4.69, 9.17) is 9.47 Å². The lowest BCUT2D eigenvalue weighted by Gasteiger charge is -2.21. The summed E-state index contributed by atoms with van der Waals surface area (Å²) in [6.45, 7) is 0.870. The number of hydrogen-bond acceptors (Lipinski definition) is 6. The van der Waals surface area contributed by atoms with Gasteiger partial charge in [0.1, 0.15) is 0 Å². The van der Waals surface area contributed by atoms with Crippen molar-refractivity contribution in [2.75, 3.05) is 20.2 Å². The number of phenols is 1. The summed E-state index contributed by atoms with van der Waals surface area (Å²) in [4.78, 5) is 28.4. The van der Waals surface area contributed by atoms with Gasteiger partial charge >= 0.3 is 0 Å². The minimum absolute atomic E-state index is 0.00836. The van der Waals surface area contributed by atoms with Gasteiger partial charge in [-0.15, -0.1) is 11.3 Å². The van der Waals surface area contributed by atoms with E-state index in [0.717, 1.165) is 21.2 Å². The van der Waals surface area contributed by atoms with E-state index >= 15 is 0 Å². The van der Waals surface area contributed by atoms with Gasteiger partial charge < -0.3 is 24.8 Å². The van der Waals surface area contributed by atoms with Gasteiger partial charge in [0, 0.05) is 40.9 Å². The molecule has 3 heterocycles. The number of ether oxygens (including phenoxy) is 2. The molecule has 0 radical (unpaired) electrons. The second-order valence-corrected chi connectivity index (χ2v) is 10.4. The van der Waals surface area contributed by atoms with Gasteiger partial charge in [-0.2, -0.15) is 0 Å². The lowest BCUT2D eigenvalue weighted by Crippen LogP contribution is -2.40. The fraction of sp³-hybridized carbons (Fsp3) is 0.241. The number of aryl methyl sites for hydroxylation is 1. The van der Waals surface area contributed by atoms with E-state index in [1.54, 1.807) is 36.6 Å². The van der Waals surface area contributed by atoms with Gasteiger partial charge in [-0.25, -0.2) is 0 Å². The predicted octanol–water partition coefficient (Wildman–Crippen LogP) is 5.08. The van der Waals surface area contributed by atoms with Crippen molar-refractivity contribution in [2.24, 2.45) is 0 Å². The Morgan fingerprint density at radius 3 is 2.81 bits per heavy atom. The molecule has 0 spiro atoms. The zero-order valence-electron chi connectivity index (χ0n) is 20.3. The molecule has 37 heavy (non-hydrogen) atoms. The molecule has 1 fully saturated rings. The molecule has 6 rings (SSSR count). The molecule has 2 aliphatic rings. The normalized spacial score (nSPS) is 19.2. The fourth-order valence-electron chi connectivity index (χ4n) is 5.22. The number of carbonyl (C=O) groups excluding carboxylic acids is 2. The van der Waals surface area contributed by atoms with Crippen LogP contribution in [0, 0.1) is 0 Å². The minimum atomic E-state index is -0.250. The van der Waals surface area contributed by atoms with Gasteiger partial charge in [-0.3, -0.25) is 9.59 Å². The summed E-state index contributed by atoms with van der Waals surface area (Å²) in [6, 6.07) is 18.4. The van der Waals surface area contributed by atoms with E-state index in [9.17, 15) is 14.7 Å². The number of rotatable bonds is 2. The van der Waals surface area contributed by atoms with Crippen LogP contribution in [0.5, 0.6) is 23.0 Å². The number of methoxy groups -OCH3 is 1. The Morgan fingerprint density at radius 2 is 1.95 bits per heavy atom. The van der Waals surface area contributed by atoms with Crippen LogP contribution in [0.15, 0.2) is 66.0 Å². The average Bonchev–Trinajstić information content (AvgIpc) is 3.53. The maximum absolute atomic E-state index is 13.6. The van der Waals surface area contributed by atoms with Gasteiger partial charge in [0.2, 0.25) is 5.91 Å². The summed E-state index contributed by atoms with van der Waals surface area (Å²) < 4.78 is 12.7. The Hall–Kier alpha value is -4.04. The van der Waals surface area contributed by atoms with Crippen LogP contribution in [0.25, 0.3) is 10.1 Å². The number of carbonyl (C=O) groups is 2. The molecule has 3 aromatic carbocycles. The van der Waals surface area contributed by atoms with Crippen molar-refractivity contribution in [3.63, 3.8) is 0 Å². The molecular formula is C29H26N2O5S. The molecule has 0 saturated carbocycles. The predicted molar refractivity (Wildman–Crippen MR) is 142 cm³/mol. The third-order valence-electron chi connectivity index (χ3n) is 7.17. The summed E-state index contributed by atoms with van der Waals surface area (Å²) in [5.74, 6) is 1.05. The van der Waals surface area contributed by atoms with Crippen LogP contribution >= 0.6 is 11.3 Å². The van der Waals surface area contributed by atoms with E-state index < -0.39 is 0 Å². The van der Waals surface area contributed by atoms with Gasteiger partial charge in [0.15, 0.2) is 23.0 Å². The van der Waals surface area contributed by atoms with Crippen molar-refractivity contribution < 1.29 is 24.2 Å². The van der Waals surface area contributed by atoms with E-state index in [1.807, 2.05) is 52.7 Å². The molecule has 1 aromatic heterocycles. The van der Waals surface area contributed by atoms with Crippen molar-refractivity contribution in [3.8, 4) is 23.0 Å². The number of aromatic hydroxyl groups is 1. The van der Waals surface area contributed by atoms with Crippen LogP contribution in [0.3, 0.4) is 0 Å². The largest absolute Gasteiger partial charge is 0.504 e. The molecule has 0 unspecified atom stereocenters.